The first-order chi connectivity index (χ1) is 6.25. The highest BCUT2D eigenvalue weighted by atomic mass is 16.3. The number of nitrogens with zero attached hydrogens (tertiary/aromatic N) is 2. The van der Waals surface area contributed by atoms with Crippen LogP contribution in [0.15, 0.2) is 28.9 Å². The number of imidazole rings is 1. The highest BCUT2D eigenvalue weighted by Gasteiger charge is 2.01. The molecule has 0 saturated carbocycles. The maximum Gasteiger partial charge on any atom is 0.200 e. The Kier molecular flexibility index (Phi) is 1.81. The molecule has 0 radical (unpaired) electrons. The van der Waals surface area contributed by atoms with Crippen LogP contribution in [0, 0.1) is 6.92 Å². The van der Waals surface area contributed by atoms with Crippen molar-refractivity contribution in [1.82, 2.24) is 9.55 Å². The lowest BCUT2D eigenvalue weighted by atomic mass is 10.4. The van der Waals surface area contributed by atoms with Gasteiger partial charge in [0.2, 0.25) is 5.95 Å². The molecule has 13 heavy (non-hydrogen) atoms. The van der Waals surface area contributed by atoms with Gasteiger partial charge in [-0.25, -0.2) is 4.98 Å². The Bertz CT molecular complexity index is 402. The summed E-state index contributed by atoms with van der Waals surface area (Å²) in [5, 5.41) is 0. The van der Waals surface area contributed by atoms with Crippen molar-refractivity contribution in [1.29, 1.82) is 0 Å². The number of rotatable bonds is 2. The number of aromatic nitrogens is 2. The summed E-state index contributed by atoms with van der Waals surface area (Å²) in [6.07, 6.45) is 3.50. The summed E-state index contributed by atoms with van der Waals surface area (Å²) in [4.78, 5) is 3.92. The molecule has 68 valence electrons. The molecule has 0 aliphatic carbocycles. The molecule has 2 heterocycles. The Balaban J connectivity index is 2.19. The molecule has 0 aliphatic rings. The van der Waals surface area contributed by atoms with Crippen LogP contribution in [0.25, 0.3) is 0 Å². The third-order valence-electron chi connectivity index (χ3n) is 1.87. The van der Waals surface area contributed by atoms with E-state index in [4.69, 9.17) is 10.2 Å². The SMILES string of the molecule is Cc1ccc(Cn2ccnc2N)o1. The van der Waals surface area contributed by atoms with Crippen molar-refractivity contribution in [2.75, 3.05) is 5.73 Å². The molecule has 0 bridgehead atoms. The summed E-state index contributed by atoms with van der Waals surface area (Å²) in [5.74, 6) is 2.31. The molecular formula is C9H11N3O. The zero-order valence-electron chi connectivity index (χ0n) is 7.40. The summed E-state index contributed by atoms with van der Waals surface area (Å²) in [7, 11) is 0. The molecular weight excluding hydrogens is 166 g/mol. The van der Waals surface area contributed by atoms with Gasteiger partial charge in [0.25, 0.3) is 0 Å². The summed E-state index contributed by atoms with van der Waals surface area (Å²) in [6.45, 7) is 2.56. The van der Waals surface area contributed by atoms with E-state index in [0.29, 0.717) is 12.5 Å². The molecule has 0 fully saturated rings. The third-order valence-corrected chi connectivity index (χ3v) is 1.87. The largest absolute Gasteiger partial charge is 0.464 e. The number of anilines is 1. The van der Waals surface area contributed by atoms with Gasteiger partial charge in [0.1, 0.15) is 11.5 Å². The predicted octanol–water partition coefficient (Wildman–Crippen LogP) is 1.42. The molecule has 0 atom stereocenters. The summed E-state index contributed by atoms with van der Waals surface area (Å²) < 4.78 is 7.24. The highest BCUT2D eigenvalue weighted by Crippen LogP contribution is 2.09. The second-order valence-corrected chi connectivity index (χ2v) is 2.93. The van der Waals surface area contributed by atoms with Crippen LogP contribution in [0.2, 0.25) is 0 Å². The van der Waals surface area contributed by atoms with Gasteiger partial charge in [0.05, 0.1) is 6.54 Å². The van der Waals surface area contributed by atoms with E-state index in [1.807, 2.05) is 29.8 Å². The highest BCUT2D eigenvalue weighted by molar-refractivity contribution is 5.18. The first-order valence-electron chi connectivity index (χ1n) is 4.07. The minimum atomic E-state index is 0.508. The number of furan rings is 1. The molecule has 0 saturated heterocycles. The Morgan fingerprint density at radius 3 is 2.92 bits per heavy atom. The van der Waals surface area contributed by atoms with Gasteiger partial charge in [-0.3, -0.25) is 0 Å². The Morgan fingerprint density at radius 1 is 1.54 bits per heavy atom. The molecule has 2 rings (SSSR count). The lowest BCUT2D eigenvalue weighted by Crippen LogP contribution is -2.02. The van der Waals surface area contributed by atoms with E-state index in [-0.39, 0.29) is 0 Å². The number of nitrogens with two attached hydrogens (primary N) is 1. The van der Waals surface area contributed by atoms with Crippen molar-refractivity contribution in [2.45, 2.75) is 13.5 Å². The molecule has 0 unspecified atom stereocenters. The van der Waals surface area contributed by atoms with Crippen molar-refractivity contribution < 1.29 is 4.42 Å². The van der Waals surface area contributed by atoms with E-state index in [1.54, 1.807) is 6.20 Å². The van der Waals surface area contributed by atoms with Gasteiger partial charge in [-0.2, -0.15) is 0 Å². The first kappa shape index (κ1) is 7.91. The topological polar surface area (TPSA) is 57.0 Å². The van der Waals surface area contributed by atoms with Gasteiger partial charge in [-0.1, -0.05) is 0 Å². The molecule has 0 aromatic carbocycles. The van der Waals surface area contributed by atoms with Crippen LogP contribution in [0.3, 0.4) is 0 Å². The van der Waals surface area contributed by atoms with Crippen LogP contribution in [0.5, 0.6) is 0 Å². The summed E-state index contributed by atoms with van der Waals surface area (Å²) >= 11 is 0. The number of aryl methyl sites for hydroxylation is 1. The number of hydrogen-bond donors (Lipinski definition) is 1. The van der Waals surface area contributed by atoms with Gasteiger partial charge in [0.15, 0.2) is 0 Å². The fourth-order valence-corrected chi connectivity index (χ4v) is 1.21. The van der Waals surface area contributed by atoms with Gasteiger partial charge >= 0.3 is 0 Å². The van der Waals surface area contributed by atoms with Crippen molar-refractivity contribution in [3.8, 4) is 0 Å². The van der Waals surface area contributed by atoms with Gasteiger partial charge in [0, 0.05) is 12.4 Å². The zero-order chi connectivity index (χ0) is 9.26. The monoisotopic (exact) mass is 177 g/mol. The van der Waals surface area contributed by atoms with Crippen LogP contribution < -0.4 is 5.73 Å². The molecule has 0 amide bonds. The second kappa shape index (κ2) is 2.97. The minimum Gasteiger partial charge on any atom is -0.464 e. The van der Waals surface area contributed by atoms with Crippen molar-refractivity contribution in [3.05, 3.63) is 36.0 Å². The third kappa shape index (κ3) is 1.56. The molecule has 2 aromatic heterocycles. The second-order valence-electron chi connectivity index (χ2n) is 2.93. The summed E-state index contributed by atoms with van der Waals surface area (Å²) in [6, 6.07) is 3.87. The van der Waals surface area contributed by atoms with E-state index in [2.05, 4.69) is 4.98 Å². The normalized spacial score (nSPS) is 10.5. The van der Waals surface area contributed by atoms with E-state index >= 15 is 0 Å². The molecule has 2 aromatic rings. The molecule has 2 N–H and O–H groups in total. The Morgan fingerprint density at radius 2 is 2.38 bits per heavy atom. The number of hydrogen-bond acceptors (Lipinski definition) is 3. The van der Waals surface area contributed by atoms with E-state index in [9.17, 15) is 0 Å². The van der Waals surface area contributed by atoms with Crippen molar-refractivity contribution in [3.63, 3.8) is 0 Å². The summed E-state index contributed by atoms with van der Waals surface area (Å²) in [5.41, 5.74) is 5.61. The van der Waals surface area contributed by atoms with Crippen LogP contribution >= 0.6 is 0 Å². The molecule has 4 nitrogen and oxygen atoms in total. The van der Waals surface area contributed by atoms with Crippen molar-refractivity contribution >= 4 is 5.95 Å². The minimum absolute atomic E-state index is 0.508. The van der Waals surface area contributed by atoms with Crippen molar-refractivity contribution in [2.24, 2.45) is 0 Å². The van der Waals surface area contributed by atoms with Gasteiger partial charge in [-0.15, -0.1) is 0 Å². The predicted molar refractivity (Wildman–Crippen MR) is 49.2 cm³/mol. The van der Waals surface area contributed by atoms with Crippen LogP contribution in [-0.2, 0) is 6.54 Å². The van der Waals surface area contributed by atoms with E-state index in [0.717, 1.165) is 11.5 Å². The fourth-order valence-electron chi connectivity index (χ4n) is 1.21. The average molecular weight is 177 g/mol. The Labute approximate surface area is 76.0 Å². The van der Waals surface area contributed by atoms with Gasteiger partial charge in [-0.05, 0) is 19.1 Å². The van der Waals surface area contributed by atoms with Crippen LogP contribution in [0.1, 0.15) is 11.5 Å². The number of nitrogen functional groups attached to an aromatic ring is 1. The van der Waals surface area contributed by atoms with Crippen LogP contribution in [-0.4, -0.2) is 9.55 Å². The maximum atomic E-state index is 5.61. The van der Waals surface area contributed by atoms with E-state index < -0.39 is 0 Å². The van der Waals surface area contributed by atoms with E-state index in [1.165, 1.54) is 0 Å². The fraction of sp³-hybridized carbons (Fsp3) is 0.222. The smallest absolute Gasteiger partial charge is 0.200 e. The average Bonchev–Trinajstić information content (AvgIpc) is 2.64. The van der Waals surface area contributed by atoms with Gasteiger partial charge < -0.3 is 14.7 Å². The lowest BCUT2D eigenvalue weighted by Gasteiger charge is -2.00. The zero-order valence-corrected chi connectivity index (χ0v) is 7.40. The quantitative estimate of drug-likeness (QED) is 0.754. The standard InChI is InChI=1S/C9H11N3O/c1-7-2-3-8(13-7)6-12-5-4-11-9(12)10/h2-5H,6H2,1H3,(H2,10,11). The molecule has 0 spiro atoms. The first-order valence-corrected chi connectivity index (χ1v) is 4.07. The lowest BCUT2D eigenvalue weighted by molar-refractivity contribution is 0.471. The van der Waals surface area contributed by atoms with Crippen LogP contribution in [0.4, 0.5) is 5.95 Å². The molecule has 4 heteroatoms. The molecule has 0 aliphatic heterocycles. The Hall–Kier alpha value is -1.71. The maximum absolute atomic E-state index is 5.61.